The fraction of sp³-hybridized carbons (Fsp3) is 0.543. The summed E-state index contributed by atoms with van der Waals surface area (Å²) in [7, 11) is 8.27. The van der Waals surface area contributed by atoms with Crippen molar-refractivity contribution < 1.29 is 57.7 Å². The van der Waals surface area contributed by atoms with Gasteiger partial charge in [-0.3, -0.25) is 33.7 Å². The molecule has 1 aromatic rings. The quantitative estimate of drug-likeness (QED) is 0.117. The van der Waals surface area contributed by atoms with Crippen LogP contribution in [0.2, 0.25) is 0 Å². The van der Waals surface area contributed by atoms with Gasteiger partial charge in [-0.15, -0.1) is 0 Å². The smallest absolute Gasteiger partial charge is 0.415 e. The van der Waals surface area contributed by atoms with Crippen LogP contribution in [0.4, 0.5) is 9.59 Å². The van der Waals surface area contributed by atoms with Crippen molar-refractivity contribution in [1.29, 1.82) is 0 Å². The van der Waals surface area contributed by atoms with E-state index < -0.39 is 60.9 Å². The third-order valence-electron chi connectivity index (χ3n) is 7.98. The number of rotatable bonds is 23. The van der Waals surface area contributed by atoms with Gasteiger partial charge in [0.2, 0.25) is 11.8 Å². The van der Waals surface area contributed by atoms with Crippen molar-refractivity contribution in [2.24, 2.45) is 0 Å². The van der Waals surface area contributed by atoms with Gasteiger partial charge in [-0.25, -0.2) is 9.59 Å². The van der Waals surface area contributed by atoms with E-state index >= 15 is 0 Å². The zero-order chi connectivity index (χ0) is 39.5. The molecule has 53 heavy (non-hydrogen) atoms. The van der Waals surface area contributed by atoms with E-state index in [1.807, 2.05) is 19.0 Å². The second-order valence-corrected chi connectivity index (χ2v) is 12.6. The van der Waals surface area contributed by atoms with E-state index in [1.54, 1.807) is 31.3 Å². The number of nitrogens with one attached hydrogen (secondary N) is 1. The van der Waals surface area contributed by atoms with Gasteiger partial charge in [-0.2, -0.15) is 0 Å². The van der Waals surface area contributed by atoms with Gasteiger partial charge in [0.15, 0.2) is 0 Å². The van der Waals surface area contributed by atoms with E-state index in [9.17, 15) is 43.5 Å². The molecule has 2 N–H and O–H groups in total. The van der Waals surface area contributed by atoms with Crippen molar-refractivity contribution in [3.63, 3.8) is 0 Å². The van der Waals surface area contributed by atoms with Crippen LogP contribution in [-0.2, 0) is 44.8 Å². The van der Waals surface area contributed by atoms with Crippen molar-refractivity contribution >= 4 is 47.6 Å². The average Bonchev–Trinajstić information content (AvgIpc) is 3.44. The largest absolute Gasteiger partial charge is 0.481 e. The van der Waals surface area contributed by atoms with E-state index in [0.717, 1.165) is 22.0 Å². The van der Waals surface area contributed by atoms with Crippen molar-refractivity contribution in [2.45, 2.75) is 44.8 Å². The molecule has 0 fully saturated rings. The van der Waals surface area contributed by atoms with E-state index in [-0.39, 0.29) is 57.9 Å². The number of benzene rings is 1. The summed E-state index contributed by atoms with van der Waals surface area (Å²) in [6, 6.07) is 5.21. The average molecular weight is 747 g/mol. The highest BCUT2D eigenvalue weighted by Crippen LogP contribution is 2.15. The molecule has 1 aliphatic rings. The molecule has 0 saturated carbocycles. The highest BCUT2D eigenvalue weighted by atomic mass is 16.6. The predicted molar refractivity (Wildman–Crippen MR) is 188 cm³/mol. The van der Waals surface area contributed by atoms with Gasteiger partial charge in [0.05, 0.1) is 6.42 Å². The molecule has 0 saturated heterocycles. The van der Waals surface area contributed by atoms with Gasteiger partial charge in [0.1, 0.15) is 30.8 Å². The van der Waals surface area contributed by atoms with E-state index in [4.69, 9.17) is 14.2 Å². The van der Waals surface area contributed by atoms with Crippen molar-refractivity contribution in [1.82, 2.24) is 29.8 Å². The lowest BCUT2D eigenvalue weighted by molar-refractivity contribution is -0.147. The van der Waals surface area contributed by atoms with Gasteiger partial charge in [0, 0.05) is 85.5 Å². The van der Waals surface area contributed by atoms with Crippen LogP contribution in [0.15, 0.2) is 36.4 Å². The zero-order valence-corrected chi connectivity index (χ0v) is 30.9. The molecule has 18 nitrogen and oxygen atoms in total. The van der Waals surface area contributed by atoms with Crippen LogP contribution in [0, 0.1) is 0 Å². The molecule has 0 aromatic heterocycles. The molecule has 18 heteroatoms. The summed E-state index contributed by atoms with van der Waals surface area (Å²) in [5.74, 6) is -3.40. The standard InChI is InChI=1S/C35H50N6O12/c1-37(2)19-20-39(4)35(50)53-27-11-9-25(10-12-27)23-52-34(49)38(3)17-7-16-36-33(48)28(22-32(46)47)40(5)31(45)24-51-21-6-8-26(42)15-18-41-29(43)13-14-30(41)44/h9-14,28H,6-8,15-24H2,1-5H3,(H,36,48)(H,46,47)/t28-/m0/s1. The second-order valence-electron chi connectivity index (χ2n) is 12.6. The van der Waals surface area contributed by atoms with Crippen LogP contribution in [0.25, 0.3) is 0 Å². The Morgan fingerprint density at radius 1 is 0.830 bits per heavy atom. The topological polar surface area (TPSA) is 213 Å². The maximum atomic E-state index is 12.8. The number of nitrogens with zero attached hydrogens (tertiary/aromatic N) is 5. The highest BCUT2D eigenvalue weighted by molar-refractivity contribution is 6.13. The molecular weight excluding hydrogens is 696 g/mol. The van der Waals surface area contributed by atoms with Gasteiger partial charge in [0.25, 0.3) is 11.8 Å². The van der Waals surface area contributed by atoms with Crippen LogP contribution >= 0.6 is 0 Å². The summed E-state index contributed by atoms with van der Waals surface area (Å²) in [5, 5.41) is 11.9. The Bertz CT molecular complexity index is 1460. The Morgan fingerprint density at radius 2 is 1.47 bits per heavy atom. The van der Waals surface area contributed by atoms with Crippen LogP contribution in [0.1, 0.15) is 37.7 Å². The number of Topliss-reactive ketones (excluding diaryl/α,β-unsaturated/α-hetero) is 1. The van der Waals surface area contributed by atoms with E-state index in [1.165, 1.54) is 23.9 Å². The Hall–Kier alpha value is -5.36. The zero-order valence-electron chi connectivity index (χ0n) is 30.9. The number of likely N-dealkylation sites (N-methyl/N-ethyl adjacent to an activating group) is 3. The fourth-order valence-electron chi connectivity index (χ4n) is 4.66. The normalized spacial score (nSPS) is 12.8. The number of ketones is 1. The number of imide groups is 1. The molecule has 1 atom stereocenters. The fourth-order valence-corrected chi connectivity index (χ4v) is 4.66. The summed E-state index contributed by atoms with van der Waals surface area (Å²) in [6.45, 7) is 1.03. The van der Waals surface area contributed by atoms with Crippen molar-refractivity contribution in [3.05, 3.63) is 42.0 Å². The summed E-state index contributed by atoms with van der Waals surface area (Å²) < 4.78 is 16.0. The van der Waals surface area contributed by atoms with Crippen LogP contribution < -0.4 is 10.1 Å². The minimum absolute atomic E-state index is 0.000941. The number of carboxylic acid groups (broad SMARTS) is 1. The van der Waals surface area contributed by atoms with Gasteiger partial charge >= 0.3 is 18.2 Å². The molecule has 1 aromatic carbocycles. The molecule has 1 aliphatic heterocycles. The number of hydrogen-bond donors (Lipinski definition) is 2. The summed E-state index contributed by atoms with van der Waals surface area (Å²) in [4.78, 5) is 104. The minimum Gasteiger partial charge on any atom is -0.481 e. The molecule has 0 radical (unpaired) electrons. The summed E-state index contributed by atoms with van der Waals surface area (Å²) in [5.41, 5.74) is 0.670. The molecule has 0 unspecified atom stereocenters. The highest BCUT2D eigenvalue weighted by Gasteiger charge is 2.29. The molecule has 0 bridgehead atoms. The first-order valence-electron chi connectivity index (χ1n) is 17.0. The van der Waals surface area contributed by atoms with E-state index in [0.29, 0.717) is 30.8 Å². The molecule has 0 spiro atoms. The number of carboxylic acids is 1. The number of aliphatic carboxylic acids is 1. The third-order valence-corrected chi connectivity index (χ3v) is 7.98. The van der Waals surface area contributed by atoms with Crippen molar-refractivity contribution in [2.75, 3.05) is 81.2 Å². The van der Waals surface area contributed by atoms with Gasteiger partial charge in [-0.05, 0) is 44.6 Å². The SMILES string of the molecule is CN(C)CCN(C)C(=O)Oc1ccc(COC(=O)N(C)CCCNC(=O)[C@H](CC(=O)O)N(C)C(=O)COCCCC(=O)CCN2C(=O)C=CC2=O)cc1. The number of carbonyl (C=O) groups excluding carboxylic acids is 7. The predicted octanol–water partition coefficient (Wildman–Crippen LogP) is 0.736. The number of carbonyl (C=O) groups is 8. The number of amides is 6. The molecular formula is C35H50N6O12. The Balaban J connectivity index is 1.67. The first kappa shape index (κ1) is 43.8. The minimum atomic E-state index is -1.32. The first-order chi connectivity index (χ1) is 25.1. The van der Waals surface area contributed by atoms with Crippen LogP contribution in [-0.4, -0.2) is 164 Å². The molecule has 2 rings (SSSR count). The number of ether oxygens (including phenoxy) is 3. The lowest BCUT2D eigenvalue weighted by Crippen LogP contribution is -2.50. The lowest BCUT2D eigenvalue weighted by Gasteiger charge is -2.26. The summed E-state index contributed by atoms with van der Waals surface area (Å²) in [6.07, 6.45) is 1.22. The third kappa shape index (κ3) is 16.2. The molecule has 292 valence electrons. The summed E-state index contributed by atoms with van der Waals surface area (Å²) >= 11 is 0. The van der Waals surface area contributed by atoms with Crippen LogP contribution in [0.5, 0.6) is 5.75 Å². The Kier molecular flexibility index (Phi) is 18.6. The molecule has 6 amide bonds. The van der Waals surface area contributed by atoms with Gasteiger partial charge in [-0.1, -0.05) is 12.1 Å². The second kappa shape index (κ2) is 22.5. The Labute approximate surface area is 308 Å². The maximum absolute atomic E-state index is 12.8. The van der Waals surface area contributed by atoms with Gasteiger partial charge < -0.3 is 44.2 Å². The lowest BCUT2D eigenvalue weighted by atomic mass is 10.1. The van der Waals surface area contributed by atoms with E-state index in [2.05, 4.69) is 5.32 Å². The molecule has 1 heterocycles. The Morgan fingerprint density at radius 3 is 2.09 bits per heavy atom. The molecule has 0 aliphatic carbocycles. The number of hydrogen-bond acceptors (Lipinski definition) is 12. The van der Waals surface area contributed by atoms with Crippen LogP contribution in [0.3, 0.4) is 0 Å². The first-order valence-corrected chi connectivity index (χ1v) is 17.0. The van der Waals surface area contributed by atoms with Crippen molar-refractivity contribution in [3.8, 4) is 5.75 Å². The maximum Gasteiger partial charge on any atom is 0.415 e. The monoisotopic (exact) mass is 746 g/mol.